The second kappa shape index (κ2) is 11.3. The van der Waals surface area contributed by atoms with Gasteiger partial charge in [0.15, 0.2) is 0 Å². The molecule has 2 unspecified atom stereocenters. The molecule has 2 aromatic rings. The molecule has 2 atom stereocenters. The number of carbonyl (C=O) groups is 1. The van der Waals surface area contributed by atoms with Crippen molar-refractivity contribution >= 4 is 11.6 Å². The summed E-state index contributed by atoms with van der Waals surface area (Å²) in [5.41, 5.74) is -0.0745. The van der Waals surface area contributed by atoms with Gasteiger partial charge in [-0.3, -0.25) is 19.8 Å². The van der Waals surface area contributed by atoms with Gasteiger partial charge in [-0.05, 0) is 36.8 Å². The minimum atomic E-state index is -0.527. The van der Waals surface area contributed by atoms with Crippen molar-refractivity contribution in [2.45, 2.75) is 12.5 Å². The highest BCUT2D eigenvalue weighted by molar-refractivity contribution is 5.97. The highest BCUT2D eigenvalue weighted by atomic mass is 16.6. The minimum Gasteiger partial charge on any atom is -0.497 e. The Labute approximate surface area is 197 Å². The Morgan fingerprint density at radius 3 is 2.53 bits per heavy atom. The molecule has 2 saturated heterocycles. The summed E-state index contributed by atoms with van der Waals surface area (Å²) in [6, 6.07) is 11.0. The van der Waals surface area contributed by atoms with E-state index < -0.39 is 10.8 Å². The molecule has 10 nitrogen and oxygen atoms in total. The molecule has 2 heterocycles. The van der Waals surface area contributed by atoms with Crippen LogP contribution in [0.4, 0.5) is 5.69 Å². The van der Waals surface area contributed by atoms with E-state index in [0.717, 1.165) is 19.5 Å². The van der Waals surface area contributed by atoms with Crippen molar-refractivity contribution in [2.24, 2.45) is 5.92 Å². The molecule has 0 spiro atoms. The normalized spacial score (nSPS) is 19.4. The predicted molar refractivity (Wildman–Crippen MR) is 124 cm³/mol. The molecule has 34 heavy (non-hydrogen) atoms. The number of morpholine rings is 1. The van der Waals surface area contributed by atoms with Crippen molar-refractivity contribution < 1.29 is 28.7 Å². The lowest BCUT2D eigenvalue weighted by Gasteiger charge is -2.37. The molecule has 1 N–H and O–H groups in total. The van der Waals surface area contributed by atoms with E-state index in [1.54, 1.807) is 31.4 Å². The van der Waals surface area contributed by atoms with Crippen LogP contribution in [0.15, 0.2) is 42.5 Å². The summed E-state index contributed by atoms with van der Waals surface area (Å²) < 4.78 is 22.1. The summed E-state index contributed by atoms with van der Waals surface area (Å²) in [6.45, 7) is 4.66. The van der Waals surface area contributed by atoms with Gasteiger partial charge < -0.3 is 24.3 Å². The second-order valence-electron chi connectivity index (χ2n) is 8.26. The second-order valence-corrected chi connectivity index (χ2v) is 8.26. The van der Waals surface area contributed by atoms with Crippen LogP contribution in [0.5, 0.6) is 17.2 Å². The lowest BCUT2D eigenvalue weighted by molar-refractivity contribution is -0.384. The molecule has 0 aromatic heterocycles. The first-order valence-corrected chi connectivity index (χ1v) is 11.3. The monoisotopic (exact) mass is 471 g/mol. The average molecular weight is 472 g/mol. The Hall–Kier alpha value is -3.21. The lowest BCUT2D eigenvalue weighted by Crippen LogP contribution is -2.52. The van der Waals surface area contributed by atoms with Gasteiger partial charge in [-0.2, -0.15) is 0 Å². The molecule has 0 saturated carbocycles. The van der Waals surface area contributed by atoms with Crippen LogP contribution in [0.3, 0.4) is 0 Å². The van der Waals surface area contributed by atoms with Gasteiger partial charge in [0.25, 0.3) is 11.6 Å². The molecular weight excluding hydrogens is 442 g/mol. The van der Waals surface area contributed by atoms with Crippen LogP contribution in [-0.2, 0) is 9.47 Å². The van der Waals surface area contributed by atoms with Gasteiger partial charge in [0, 0.05) is 50.3 Å². The maximum absolute atomic E-state index is 13.2. The number of carbonyl (C=O) groups excluding carboxylic acids is 1. The largest absolute Gasteiger partial charge is 0.497 e. The smallest absolute Gasteiger partial charge is 0.270 e. The number of ether oxygens (including phenoxy) is 4. The summed E-state index contributed by atoms with van der Waals surface area (Å²) in [7, 11) is 1.57. The number of hydrogen-bond donors (Lipinski definition) is 1. The standard InChI is InChI=1S/C24H29N3O7/c1-31-19-3-5-20(6-4-19)34-23-7-2-18(27(29)30)14-21(23)24(28)25-15-22(17-8-11-33-16-17)26-9-12-32-13-10-26/h2-7,14,17,22H,8-13,15-16H2,1H3,(H,25,28). The number of nitrogens with zero attached hydrogens (tertiary/aromatic N) is 2. The van der Waals surface area contributed by atoms with Gasteiger partial charge in [0.05, 0.1) is 37.4 Å². The Kier molecular flexibility index (Phi) is 7.94. The van der Waals surface area contributed by atoms with Gasteiger partial charge in [0.1, 0.15) is 17.2 Å². The van der Waals surface area contributed by atoms with E-state index in [4.69, 9.17) is 18.9 Å². The van der Waals surface area contributed by atoms with E-state index in [-0.39, 0.29) is 23.0 Å². The molecule has 1 amide bonds. The zero-order chi connectivity index (χ0) is 23.9. The number of amides is 1. The summed E-state index contributed by atoms with van der Waals surface area (Å²) in [6.07, 6.45) is 0.931. The predicted octanol–water partition coefficient (Wildman–Crippen LogP) is 2.86. The summed E-state index contributed by atoms with van der Waals surface area (Å²) in [5, 5.41) is 14.3. The summed E-state index contributed by atoms with van der Waals surface area (Å²) >= 11 is 0. The molecule has 0 radical (unpaired) electrons. The van der Waals surface area contributed by atoms with E-state index in [9.17, 15) is 14.9 Å². The first-order chi connectivity index (χ1) is 16.5. The SMILES string of the molecule is COc1ccc(Oc2ccc([N+](=O)[O-])cc2C(=O)NCC(C2CCOC2)N2CCOCC2)cc1. The Bertz CT molecular complexity index is 987. The van der Waals surface area contributed by atoms with Gasteiger partial charge in [-0.1, -0.05) is 0 Å². The lowest BCUT2D eigenvalue weighted by atomic mass is 9.96. The third-order valence-corrected chi connectivity index (χ3v) is 6.20. The van der Waals surface area contributed by atoms with Crippen LogP contribution in [0.1, 0.15) is 16.8 Å². The van der Waals surface area contributed by atoms with E-state index in [1.807, 2.05) is 0 Å². The fourth-order valence-electron chi connectivity index (χ4n) is 4.32. The van der Waals surface area contributed by atoms with Crippen LogP contribution in [0.25, 0.3) is 0 Å². The zero-order valence-corrected chi connectivity index (χ0v) is 19.1. The number of nitro benzene ring substituents is 1. The van der Waals surface area contributed by atoms with Gasteiger partial charge in [0.2, 0.25) is 0 Å². The highest BCUT2D eigenvalue weighted by Gasteiger charge is 2.32. The van der Waals surface area contributed by atoms with Crippen molar-refractivity contribution in [2.75, 3.05) is 53.2 Å². The van der Waals surface area contributed by atoms with Gasteiger partial charge >= 0.3 is 0 Å². The maximum Gasteiger partial charge on any atom is 0.270 e. The van der Waals surface area contributed by atoms with Crippen LogP contribution < -0.4 is 14.8 Å². The molecular formula is C24H29N3O7. The number of hydrogen-bond acceptors (Lipinski definition) is 8. The topological polar surface area (TPSA) is 112 Å². The summed E-state index contributed by atoms with van der Waals surface area (Å²) in [4.78, 5) is 26.4. The number of benzene rings is 2. The Balaban J connectivity index is 1.52. The fourth-order valence-corrected chi connectivity index (χ4v) is 4.32. The van der Waals surface area contributed by atoms with Crippen molar-refractivity contribution in [1.82, 2.24) is 10.2 Å². The van der Waals surface area contributed by atoms with Gasteiger partial charge in [-0.15, -0.1) is 0 Å². The molecule has 10 heteroatoms. The first-order valence-electron chi connectivity index (χ1n) is 11.3. The quantitative estimate of drug-likeness (QED) is 0.439. The van der Waals surface area contributed by atoms with Crippen molar-refractivity contribution in [1.29, 1.82) is 0 Å². The zero-order valence-electron chi connectivity index (χ0n) is 19.1. The maximum atomic E-state index is 13.2. The Morgan fingerprint density at radius 1 is 1.15 bits per heavy atom. The number of rotatable bonds is 9. The number of methoxy groups -OCH3 is 1. The van der Waals surface area contributed by atoms with Crippen molar-refractivity contribution in [3.05, 3.63) is 58.1 Å². The van der Waals surface area contributed by atoms with E-state index >= 15 is 0 Å². The summed E-state index contributed by atoms with van der Waals surface area (Å²) in [5.74, 6) is 1.26. The molecule has 4 rings (SSSR count). The molecule has 2 aliphatic heterocycles. The van der Waals surface area contributed by atoms with Crippen molar-refractivity contribution in [3.63, 3.8) is 0 Å². The third kappa shape index (κ3) is 5.82. The molecule has 182 valence electrons. The van der Waals surface area contributed by atoms with Crippen LogP contribution in [-0.4, -0.2) is 74.9 Å². The third-order valence-electron chi connectivity index (χ3n) is 6.20. The van der Waals surface area contributed by atoms with E-state index in [1.165, 1.54) is 18.2 Å². The van der Waals surface area contributed by atoms with E-state index in [2.05, 4.69) is 10.2 Å². The number of non-ortho nitro benzene ring substituents is 1. The van der Waals surface area contributed by atoms with Crippen LogP contribution in [0, 0.1) is 16.0 Å². The van der Waals surface area contributed by atoms with Crippen LogP contribution >= 0.6 is 0 Å². The molecule has 2 aromatic carbocycles. The molecule has 2 aliphatic rings. The fraction of sp³-hybridized carbons (Fsp3) is 0.458. The molecule has 0 bridgehead atoms. The molecule has 0 aliphatic carbocycles. The first kappa shape index (κ1) is 23.9. The van der Waals surface area contributed by atoms with Crippen LogP contribution in [0.2, 0.25) is 0 Å². The highest BCUT2D eigenvalue weighted by Crippen LogP contribution is 2.30. The van der Waals surface area contributed by atoms with Gasteiger partial charge in [-0.25, -0.2) is 0 Å². The van der Waals surface area contributed by atoms with Crippen molar-refractivity contribution in [3.8, 4) is 17.2 Å². The van der Waals surface area contributed by atoms with E-state index in [0.29, 0.717) is 50.4 Å². The number of nitro groups is 1. The Morgan fingerprint density at radius 2 is 1.88 bits per heavy atom. The molecule has 2 fully saturated rings. The minimum absolute atomic E-state index is 0.0972. The average Bonchev–Trinajstić information content (AvgIpc) is 3.40. The number of nitrogens with one attached hydrogen (secondary N) is 1.